The van der Waals surface area contributed by atoms with Crippen LogP contribution in [0.1, 0.15) is 60.2 Å². The highest BCUT2D eigenvalue weighted by atomic mass is 16.5. The Kier molecular flexibility index (Phi) is 8.68. The van der Waals surface area contributed by atoms with Gasteiger partial charge >= 0.3 is 11.9 Å². The Balaban J connectivity index is 1.96. The summed E-state index contributed by atoms with van der Waals surface area (Å²) >= 11 is 0. The molecule has 6 nitrogen and oxygen atoms in total. The van der Waals surface area contributed by atoms with Crippen LogP contribution in [0.2, 0.25) is 0 Å². The molecule has 0 aromatic heterocycles. The van der Waals surface area contributed by atoms with Crippen LogP contribution in [0, 0.1) is 0 Å². The Morgan fingerprint density at radius 3 is 1.35 bits per heavy atom. The van der Waals surface area contributed by atoms with Crippen LogP contribution in [0.3, 0.4) is 0 Å². The Morgan fingerprint density at radius 2 is 1.03 bits per heavy atom. The predicted molar refractivity (Wildman–Crippen MR) is 132 cm³/mol. The van der Waals surface area contributed by atoms with E-state index in [1.807, 2.05) is 0 Å². The molecule has 0 atom stereocenters. The molecule has 6 heteroatoms. The fourth-order valence-corrected chi connectivity index (χ4v) is 3.58. The topological polar surface area (TPSA) is 93.1 Å². The fourth-order valence-electron chi connectivity index (χ4n) is 3.58. The van der Waals surface area contributed by atoms with Gasteiger partial charge in [0.05, 0.1) is 24.3 Å². The summed E-state index contributed by atoms with van der Waals surface area (Å²) in [6.07, 6.45) is 3.84. The molecule has 0 saturated carbocycles. The van der Waals surface area contributed by atoms with Gasteiger partial charge in [-0.2, -0.15) is 0 Å². The molecule has 3 aromatic carbocycles. The summed E-state index contributed by atoms with van der Waals surface area (Å²) in [6, 6.07) is 17.1. The molecule has 0 spiro atoms. The Morgan fingerprint density at radius 1 is 0.647 bits per heavy atom. The number of rotatable bonds is 12. The third kappa shape index (κ3) is 6.16. The van der Waals surface area contributed by atoms with Crippen LogP contribution in [0.25, 0.3) is 22.3 Å². The molecule has 0 fully saturated rings. The van der Waals surface area contributed by atoms with Gasteiger partial charge in [-0.05, 0) is 71.5 Å². The summed E-state index contributed by atoms with van der Waals surface area (Å²) in [5, 5.41) is 19.3. The number of hydrogen-bond donors (Lipinski definition) is 2. The second kappa shape index (κ2) is 11.9. The second-order valence-electron chi connectivity index (χ2n) is 8.01. The summed E-state index contributed by atoms with van der Waals surface area (Å²) in [7, 11) is 0. The monoisotopic (exact) mass is 462 g/mol. The lowest BCUT2D eigenvalue weighted by atomic mass is 9.94. The van der Waals surface area contributed by atoms with E-state index in [0.717, 1.165) is 25.7 Å². The molecule has 0 saturated heterocycles. The van der Waals surface area contributed by atoms with E-state index in [1.54, 1.807) is 60.7 Å². The standard InChI is InChI=1S/C28H30O6/c1-3-5-15-33-21-11-13-23(27(29)30)25(17-21)19-7-9-20(10-8-19)26-18-22(34-16-6-4-2)12-14-24(26)28(31)32/h7-14,17-18H,3-6,15-16H2,1-2H3,(H,29,30)(H,31,32). The SMILES string of the molecule is CCCCOc1ccc(C(=O)O)c(-c2ccc(-c3cc(OCCCC)ccc3C(=O)O)cc2)c1. The fraction of sp³-hybridized carbons (Fsp3) is 0.286. The van der Waals surface area contributed by atoms with Crippen LogP contribution in [-0.4, -0.2) is 35.4 Å². The van der Waals surface area contributed by atoms with Gasteiger partial charge in [0.2, 0.25) is 0 Å². The summed E-state index contributed by atoms with van der Waals surface area (Å²) in [6.45, 7) is 5.28. The van der Waals surface area contributed by atoms with Crippen molar-refractivity contribution in [3.05, 3.63) is 71.8 Å². The van der Waals surface area contributed by atoms with Gasteiger partial charge in [0.1, 0.15) is 11.5 Å². The van der Waals surface area contributed by atoms with Crippen LogP contribution >= 0.6 is 0 Å². The van der Waals surface area contributed by atoms with Crippen molar-refractivity contribution < 1.29 is 29.3 Å². The lowest BCUT2D eigenvalue weighted by Gasteiger charge is -2.13. The molecular weight excluding hydrogens is 432 g/mol. The number of hydrogen-bond acceptors (Lipinski definition) is 4. The summed E-state index contributed by atoms with van der Waals surface area (Å²) in [5.74, 6) is -0.821. The normalized spacial score (nSPS) is 10.6. The smallest absolute Gasteiger partial charge is 0.336 e. The number of ether oxygens (including phenoxy) is 2. The Bertz CT molecular complexity index is 1040. The van der Waals surface area contributed by atoms with E-state index in [9.17, 15) is 19.8 Å². The van der Waals surface area contributed by atoms with E-state index in [0.29, 0.717) is 47.0 Å². The van der Waals surface area contributed by atoms with E-state index in [1.165, 1.54) is 0 Å². The van der Waals surface area contributed by atoms with Crippen molar-refractivity contribution in [3.8, 4) is 33.8 Å². The minimum atomic E-state index is -1.02. The molecule has 0 amide bonds. The Hall–Kier alpha value is -3.80. The van der Waals surface area contributed by atoms with Gasteiger partial charge in [-0.3, -0.25) is 0 Å². The maximum atomic E-state index is 11.8. The minimum absolute atomic E-state index is 0.174. The van der Waals surface area contributed by atoms with Gasteiger partial charge in [0.15, 0.2) is 0 Å². The largest absolute Gasteiger partial charge is 0.494 e. The molecule has 3 aromatic rings. The maximum absolute atomic E-state index is 11.8. The maximum Gasteiger partial charge on any atom is 0.336 e. The molecule has 178 valence electrons. The zero-order valence-corrected chi connectivity index (χ0v) is 19.5. The number of carboxylic acids is 2. The molecule has 0 bridgehead atoms. The third-order valence-corrected chi connectivity index (χ3v) is 5.48. The van der Waals surface area contributed by atoms with Gasteiger partial charge < -0.3 is 19.7 Å². The van der Waals surface area contributed by atoms with Crippen molar-refractivity contribution in [1.82, 2.24) is 0 Å². The molecule has 0 aliphatic rings. The molecule has 0 aliphatic heterocycles. The zero-order valence-electron chi connectivity index (χ0n) is 19.5. The first-order valence-corrected chi connectivity index (χ1v) is 11.6. The van der Waals surface area contributed by atoms with Crippen LogP contribution < -0.4 is 9.47 Å². The first kappa shape index (κ1) is 24.8. The van der Waals surface area contributed by atoms with Crippen LogP contribution in [0.4, 0.5) is 0 Å². The minimum Gasteiger partial charge on any atom is -0.494 e. The molecule has 0 unspecified atom stereocenters. The van der Waals surface area contributed by atoms with Crippen molar-refractivity contribution in [3.63, 3.8) is 0 Å². The van der Waals surface area contributed by atoms with Crippen LogP contribution in [-0.2, 0) is 0 Å². The van der Waals surface area contributed by atoms with Crippen LogP contribution in [0.5, 0.6) is 11.5 Å². The zero-order chi connectivity index (χ0) is 24.5. The molecule has 0 heterocycles. The highest BCUT2D eigenvalue weighted by Gasteiger charge is 2.16. The van der Waals surface area contributed by atoms with Crippen molar-refractivity contribution in [2.24, 2.45) is 0 Å². The number of carboxylic acid groups (broad SMARTS) is 2. The molecule has 34 heavy (non-hydrogen) atoms. The second-order valence-corrected chi connectivity index (χ2v) is 8.01. The van der Waals surface area contributed by atoms with Gasteiger partial charge in [0, 0.05) is 0 Å². The molecule has 0 radical (unpaired) electrons. The third-order valence-electron chi connectivity index (χ3n) is 5.48. The lowest BCUT2D eigenvalue weighted by Crippen LogP contribution is -2.03. The number of aromatic carboxylic acids is 2. The molecule has 2 N–H and O–H groups in total. The number of carbonyl (C=O) groups is 2. The summed E-state index contributed by atoms with van der Waals surface area (Å²) in [4.78, 5) is 23.6. The van der Waals surface area contributed by atoms with Crippen molar-refractivity contribution >= 4 is 11.9 Å². The molecule has 3 rings (SSSR count). The average molecular weight is 463 g/mol. The van der Waals surface area contributed by atoms with E-state index < -0.39 is 11.9 Å². The van der Waals surface area contributed by atoms with Crippen molar-refractivity contribution in [2.45, 2.75) is 39.5 Å². The highest BCUT2D eigenvalue weighted by Crippen LogP contribution is 2.33. The van der Waals surface area contributed by atoms with E-state index >= 15 is 0 Å². The summed E-state index contributed by atoms with van der Waals surface area (Å²) < 4.78 is 11.5. The number of unbranched alkanes of at least 4 members (excludes halogenated alkanes) is 2. The molecular formula is C28H30O6. The van der Waals surface area contributed by atoms with Gasteiger partial charge in [-0.15, -0.1) is 0 Å². The van der Waals surface area contributed by atoms with Gasteiger partial charge in [0.25, 0.3) is 0 Å². The van der Waals surface area contributed by atoms with E-state index in [-0.39, 0.29) is 11.1 Å². The van der Waals surface area contributed by atoms with Gasteiger partial charge in [-0.25, -0.2) is 9.59 Å². The summed E-state index contributed by atoms with van der Waals surface area (Å²) in [5.41, 5.74) is 2.84. The average Bonchev–Trinajstić information content (AvgIpc) is 2.84. The quantitative estimate of drug-likeness (QED) is 0.288. The first-order valence-electron chi connectivity index (χ1n) is 11.6. The first-order chi connectivity index (χ1) is 16.4. The predicted octanol–water partition coefficient (Wildman–Crippen LogP) is 6.77. The van der Waals surface area contributed by atoms with E-state index in [2.05, 4.69) is 13.8 Å². The number of benzene rings is 3. The lowest BCUT2D eigenvalue weighted by molar-refractivity contribution is 0.0686. The van der Waals surface area contributed by atoms with Crippen LogP contribution in [0.15, 0.2) is 60.7 Å². The Labute approximate surface area is 199 Å². The van der Waals surface area contributed by atoms with Crippen molar-refractivity contribution in [2.75, 3.05) is 13.2 Å². The van der Waals surface area contributed by atoms with E-state index in [4.69, 9.17) is 9.47 Å². The van der Waals surface area contributed by atoms with Gasteiger partial charge in [-0.1, -0.05) is 51.0 Å². The molecule has 0 aliphatic carbocycles. The van der Waals surface area contributed by atoms with Crippen molar-refractivity contribution in [1.29, 1.82) is 0 Å². The highest BCUT2D eigenvalue weighted by molar-refractivity contribution is 5.98.